The van der Waals surface area contributed by atoms with Crippen LogP contribution >= 0.6 is 0 Å². The molecule has 2 amide bonds. The molecule has 9 heteroatoms. The van der Waals surface area contributed by atoms with Gasteiger partial charge in [-0.1, -0.05) is 18.2 Å². The molecule has 0 spiro atoms. The van der Waals surface area contributed by atoms with Gasteiger partial charge in [-0.25, -0.2) is 9.59 Å². The number of alkyl halides is 3. The van der Waals surface area contributed by atoms with Crippen molar-refractivity contribution in [2.45, 2.75) is 36.6 Å². The molecular weight excluding hydrogens is 329 g/mol. The van der Waals surface area contributed by atoms with Crippen molar-refractivity contribution in [3.8, 4) is 0 Å². The first-order valence-corrected chi connectivity index (χ1v) is 7.28. The van der Waals surface area contributed by atoms with Crippen LogP contribution in [0.25, 0.3) is 0 Å². The number of fused-ring (bicyclic) bond motifs is 1. The number of rotatable bonds is 2. The Hall–Kier alpha value is -2.29. The van der Waals surface area contributed by atoms with Crippen LogP contribution in [0.4, 0.5) is 23.7 Å². The third kappa shape index (κ3) is 2.39. The van der Waals surface area contributed by atoms with Gasteiger partial charge in [0.2, 0.25) is 0 Å². The summed E-state index contributed by atoms with van der Waals surface area (Å²) in [6.45, 7) is 0.310. The number of carbonyl (C=O) groups is 2. The molecule has 0 radical (unpaired) electrons. The summed E-state index contributed by atoms with van der Waals surface area (Å²) in [5, 5.41) is 20.9. The van der Waals surface area contributed by atoms with Crippen molar-refractivity contribution in [2.24, 2.45) is 0 Å². The van der Waals surface area contributed by atoms with Crippen molar-refractivity contribution in [1.29, 1.82) is 0 Å². The van der Waals surface area contributed by atoms with Crippen LogP contribution in [0.15, 0.2) is 24.3 Å². The van der Waals surface area contributed by atoms with Gasteiger partial charge in [-0.15, -0.1) is 0 Å². The quantitative estimate of drug-likeness (QED) is 0.761. The fourth-order valence-corrected chi connectivity index (χ4v) is 3.26. The van der Waals surface area contributed by atoms with Crippen LogP contribution in [0.3, 0.4) is 0 Å². The van der Waals surface area contributed by atoms with E-state index < -0.39 is 42.2 Å². The van der Waals surface area contributed by atoms with Crippen LogP contribution in [0.5, 0.6) is 0 Å². The molecular formula is C15H15F3N2O4. The van der Waals surface area contributed by atoms with Crippen molar-refractivity contribution in [1.82, 2.24) is 5.32 Å². The molecule has 6 nitrogen and oxygen atoms in total. The normalized spacial score (nSPS) is 28.9. The highest BCUT2D eigenvalue weighted by molar-refractivity contribution is 5.98. The van der Waals surface area contributed by atoms with E-state index in [2.05, 4.69) is 5.32 Å². The number of aliphatic carboxylic acids is 1. The van der Waals surface area contributed by atoms with Crippen LogP contribution < -0.4 is 10.2 Å². The van der Waals surface area contributed by atoms with E-state index in [0.717, 1.165) is 5.56 Å². The molecule has 1 fully saturated rings. The number of hydrogen-bond acceptors (Lipinski definition) is 3. The summed E-state index contributed by atoms with van der Waals surface area (Å²) < 4.78 is 38.3. The van der Waals surface area contributed by atoms with Gasteiger partial charge in [0.25, 0.3) is 0 Å². The number of carboxylic acids is 1. The van der Waals surface area contributed by atoms with Gasteiger partial charge >= 0.3 is 18.2 Å². The van der Waals surface area contributed by atoms with E-state index in [0.29, 0.717) is 18.7 Å². The van der Waals surface area contributed by atoms with E-state index in [1.54, 1.807) is 18.2 Å². The molecule has 0 unspecified atom stereocenters. The Balaban J connectivity index is 1.77. The summed E-state index contributed by atoms with van der Waals surface area (Å²) in [6, 6.07) is 6.23. The average Bonchev–Trinajstić information content (AvgIpc) is 2.87. The molecule has 0 aromatic heterocycles. The van der Waals surface area contributed by atoms with Crippen LogP contribution in [-0.4, -0.2) is 46.1 Å². The molecule has 130 valence electrons. The Morgan fingerprint density at radius 1 is 1.21 bits per heavy atom. The minimum Gasteiger partial charge on any atom is -0.480 e. The second-order valence-corrected chi connectivity index (χ2v) is 6.23. The predicted molar refractivity (Wildman–Crippen MR) is 76.6 cm³/mol. The second-order valence-electron chi connectivity index (χ2n) is 6.23. The molecule has 3 N–H and O–H groups in total. The Bertz CT molecular complexity index is 698. The van der Waals surface area contributed by atoms with E-state index >= 15 is 0 Å². The van der Waals surface area contributed by atoms with Crippen LogP contribution in [0.2, 0.25) is 0 Å². The van der Waals surface area contributed by atoms with Gasteiger partial charge in [0.1, 0.15) is 5.54 Å². The average molecular weight is 344 g/mol. The van der Waals surface area contributed by atoms with E-state index in [-0.39, 0.29) is 0 Å². The van der Waals surface area contributed by atoms with E-state index in [1.165, 1.54) is 4.90 Å². The fraction of sp³-hybridized carbons (Fsp3) is 0.467. The number of halogens is 3. The predicted octanol–water partition coefficient (Wildman–Crippen LogP) is 1.67. The summed E-state index contributed by atoms with van der Waals surface area (Å²) in [6.07, 6.45) is -6.59. The molecule has 1 aromatic rings. The maximum atomic E-state index is 12.8. The third-order valence-electron chi connectivity index (χ3n) is 4.60. The molecule has 2 aliphatic rings. The lowest BCUT2D eigenvalue weighted by molar-refractivity contribution is -0.302. The van der Waals surface area contributed by atoms with Crippen LogP contribution in [0.1, 0.15) is 18.4 Å². The van der Waals surface area contributed by atoms with Gasteiger partial charge in [0, 0.05) is 25.1 Å². The number of carbonyl (C=O) groups excluding carboxylic acids is 1. The molecule has 0 saturated heterocycles. The molecule has 0 atom stereocenters. The molecule has 1 aliphatic carbocycles. The zero-order valence-electron chi connectivity index (χ0n) is 12.4. The zero-order chi connectivity index (χ0) is 17.8. The molecule has 1 saturated carbocycles. The van der Waals surface area contributed by atoms with Gasteiger partial charge in [0.05, 0.1) is 0 Å². The Labute approximate surface area is 134 Å². The van der Waals surface area contributed by atoms with Crippen LogP contribution in [0, 0.1) is 0 Å². The standard InChI is InChI=1S/C15H15F3N2O4/c16-15(17,18)14(24)7-13(8-14,11(21)22)19-12(23)20-6-5-9-3-1-2-4-10(9)20/h1-4,24H,5-8H2,(H,19,23)(H,21,22). The SMILES string of the molecule is O=C(NC1(C(=O)O)CC(O)(C(F)(F)F)C1)N1CCc2ccccc21. The summed E-state index contributed by atoms with van der Waals surface area (Å²) in [5.74, 6) is -1.60. The molecule has 1 aromatic carbocycles. The number of para-hydroxylation sites is 1. The van der Waals surface area contributed by atoms with Gasteiger partial charge < -0.3 is 15.5 Å². The van der Waals surface area contributed by atoms with E-state index in [1.807, 2.05) is 6.07 Å². The monoisotopic (exact) mass is 344 g/mol. The minimum atomic E-state index is -4.95. The highest BCUT2D eigenvalue weighted by atomic mass is 19.4. The van der Waals surface area contributed by atoms with Gasteiger partial charge in [0.15, 0.2) is 5.60 Å². The number of nitrogens with zero attached hydrogens (tertiary/aromatic N) is 1. The highest BCUT2D eigenvalue weighted by Gasteiger charge is 2.70. The largest absolute Gasteiger partial charge is 0.480 e. The number of anilines is 1. The number of nitrogens with one attached hydrogen (secondary N) is 1. The lowest BCUT2D eigenvalue weighted by Gasteiger charge is -2.51. The van der Waals surface area contributed by atoms with Crippen LogP contribution in [-0.2, 0) is 11.2 Å². The van der Waals surface area contributed by atoms with Crippen molar-refractivity contribution in [3.63, 3.8) is 0 Å². The summed E-state index contributed by atoms with van der Waals surface area (Å²) in [7, 11) is 0. The van der Waals surface area contributed by atoms with Gasteiger partial charge in [-0.3, -0.25) is 4.90 Å². The third-order valence-corrected chi connectivity index (χ3v) is 4.60. The van der Waals surface area contributed by atoms with Crippen molar-refractivity contribution >= 4 is 17.7 Å². The number of benzene rings is 1. The minimum absolute atomic E-state index is 0.310. The van der Waals surface area contributed by atoms with Crippen molar-refractivity contribution in [2.75, 3.05) is 11.4 Å². The van der Waals surface area contributed by atoms with E-state index in [9.17, 15) is 33.0 Å². The first kappa shape index (κ1) is 16.6. The first-order chi connectivity index (χ1) is 11.1. The number of amides is 2. The lowest BCUT2D eigenvalue weighted by Crippen LogP contribution is -2.74. The maximum Gasteiger partial charge on any atom is 0.417 e. The first-order valence-electron chi connectivity index (χ1n) is 7.28. The molecule has 1 aliphatic heterocycles. The van der Waals surface area contributed by atoms with Gasteiger partial charge in [-0.05, 0) is 18.1 Å². The number of aliphatic hydroxyl groups is 1. The maximum absolute atomic E-state index is 12.8. The smallest absolute Gasteiger partial charge is 0.417 e. The van der Waals surface area contributed by atoms with Crippen molar-refractivity contribution in [3.05, 3.63) is 29.8 Å². The van der Waals surface area contributed by atoms with Crippen molar-refractivity contribution < 1.29 is 33.0 Å². The Morgan fingerprint density at radius 3 is 2.42 bits per heavy atom. The highest BCUT2D eigenvalue weighted by Crippen LogP contribution is 2.51. The molecule has 0 bridgehead atoms. The molecule has 3 rings (SSSR count). The number of carboxylic acid groups (broad SMARTS) is 1. The molecule has 1 heterocycles. The zero-order valence-corrected chi connectivity index (χ0v) is 12.4. The number of hydrogen-bond donors (Lipinski definition) is 3. The fourth-order valence-electron chi connectivity index (χ4n) is 3.26. The Morgan fingerprint density at radius 2 is 1.83 bits per heavy atom. The summed E-state index contributed by atoms with van der Waals surface area (Å²) in [5.41, 5.74) is -3.72. The summed E-state index contributed by atoms with van der Waals surface area (Å²) >= 11 is 0. The lowest BCUT2D eigenvalue weighted by atomic mass is 9.64. The second kappa shape index (κ2) is 5.10. The topological polar surface area (TPSA) is 89.9 Å². The van der Waals surface area contributed by atoms with Gasteiger partial charge in [-0.2, -0.15) is 13.2 Å². The number of urea groups is 1. The Kier molecular flexibility index (Phi) is 3.52. The van der Waals surface area contributed by atoms with E-state index in [4.69, 9.17) is 0 Å². The summed E-state index contributed by atoms with van der Waals surface area (Å²) in [4.78, 5) is 25.1. The molecule has 24 heavy (non-hydrogen) atoms.